The van der Waals surface area contributed by atoms with E-state index < -0.39 is 0 Å². The van der Waals surface area contributed by atoms with E-state index in [9.17, 15) is 0 Å². The van der Waals surface area contributed by atoms with Crippen LogP contribution in [0.3, 0.4) is 0 Å². The molecule has 0 amide bonds. The van der Waals surface area contributed by atoms with Crippen LogP contribution in [0.4, 0.5) is 23.0 Å². The Kier molecular flexibility index (Phi) is 5.33. The molecule has 0 unspecified atom stereocenters. The maximum atomic E-state index is 6.20. The minimum Gasteiger partial charge on any atom is -0.495 e. The molecule has 2 aromatic heterocycles. The normalized spacial score (nSPS) is 10.4. The molecule has 8 nitrogen and oxygen atoms in total. The number of aromatic nitrogens is 2. The zero-order valence-corrected chi connectivity index (χ0v) is 15.0. The summed E-state index contributed by atoms with van der Waals surface area (Å²) in [5, 5.41) is 6.66. The summed E-state index contributed by atoms with van der Waals surface area (Å²) in [5.74, 6) is 2.71. The third-order valence-corrected chi connectivity index (χ3v) is 3.92. The summed E-state index contributed by atoms with van der Waals surface area (Å²) in [7, 11) is 3.08. The number of rotatable bonds is 7. The first-order valence-corrected chi connectivity index (χ1v) is 8.05. The van der Waals surface area contributed by atoms with Gasteiger partial charge in [0.05, 0.1) is 37.7 Å². The van der Waals surface area contributed by atoms with Crippen molar-refractivity contribution >= 4 is 34.6 Å². The highest BCUT2D eigenvalue weighted by atomic mass is 35.5. The third-order valence-electron chi connectivity index (χ3n) is 3.62. The van der Waals surface area contributed by atoms with Crippen molar-refractivity contribution in [3.63, 3.8) is 0 Å². The average Bonchev–Trinajstić information content (AvgIpc) is 3.16. The first-order chi connectivity index (χ1) is 12.6. The first kappa shape index (κ1) is 17.7. The van der Waals surface area contributed by atoms with Gasteiger partial charge >= 0.3 is 0 Å². The first-order valence-electron chi connectivity index (χ1n) is 7.67. The van der Waals surface area contributed by atoms with Crippen LogP contribution in [-0.2, 0) is 6.54 Å². The summed E-state index contributed by atoms with van der Waals surface area (Å²) in [6, 6.07) is 7.02. The van der Waals surface area contributed by atoms with Crippen LogP contribution in [0.1, 0.15) is 5.76 Å². The van der Waals surface area contributed by atoms with Gasteiger partial charge in [-0.1, -0.05) is 11.6 Å². The molecule has 136 valence electrons. The quantitative estimate of drug-likeness (QED) is 0.574. The van der Waals surface area contributed by atoms with Gasteiger partial charge in [-0.2, -0.15) is 0 Å². The molecule has 0 bridgehead atoms. The van der Waals surface area contributed by atoms with E-state index >= 15 is 0 Å². The van der Waals surface area contributed by atoms with Gasteiger partial charge < -0.3 is 30.3 Å². The molecule has 0 aliphatic rings. The fourth-order valence-electron chi connectivity index (χ4n) is 2.31. The van der Waals surface area contributed by atoms with Gasteiger partial charge in [0.25, 0.3) is 0 Å². The predicted octanol–water partition coefficient (Wildman–Crippen LogP) is 3.68. The van der Waals surface area contributed by atoms with Gasteiger partial charge in [0.2, 0.25) is 0 Å². The highest BCUT2D eigenvalue weighted by Gasteiger charge is 2.14. The summed E-state index contributed by atoms with van der Waals surface area (Å²) < 4.78 is 15.8. The molecule has 3 aromatic rings. The van der Waals surface area contributed by atoms with Crippen LogP contribution in [0.25, 0.3) is 0 Å². The molecule has 0 spiro atoms. The smallest absolute Gasteiger partial charge is 0.159 e. The van der Waals surface area contributed by atoms with Crippen molar-refractivity contribution in [2.45, 2.75) is 6.54 Å². The number of hydrogen-bond donors (Lipinski definition) is 3. The fraction of sp³-hybridized carbons (Fsp3) is 0.176. The van der Waals surface area contributed by atoms with Gasteiger partial charge in [0.15, 0.2) is 11.6 Å². The van der Waals surface area contributed by atoms with Crippen LogP contribution >= 0.6 is 11.6 Å². The zero-order valence-electron chi connectivity index (χ0n) is 14.2. The molecular weight excluding hydrogens is 358 g/mol. The Morgan fingerprint density at radius 3 is 2.62 bits per heavy atom. The molecular formula is C17H18ClN5O3. The number of methoxy groups -OCH3 is 2. The standard InChI is InChI=1S/C17H18ClN5O3/c1-24-13-7-14(25-2)12(6-11(13)18)23-17-15(19)16(21-9-22-17)20-8-10-4-3-5-26-10/h3-7,9H,8,19H2,1-2H3,(H2,20,21,22,23). The van der Waals surface area contributed by atoms with Gasteiger partial charge in [-0.15, -0.1) is 0 Å². The molecule has 0 aliphatic heterocycles. The molecule has 9 heteroatoms. The van der Waals surface area contributed by atoms with Crippen LogP contribution in [0.15, 0.2) is 41.3 Å². The van der Waals surface area contributed by atoms with E-state index in [1.165, 1.54) is 13.4 Å². The van der Waals surface area contributed by atoms with Gasteiger partial charge in [-0.25, -0.2) is 9.97 Å². The lowest BCUT2D eigenvalue weighted by Gasteiger charge is -2.15. The summed E-state index contributed by atoms with van der Waals surface area (Å²) >= 11 is 6.20. The molecule has 0 fully saturated rings. The lowest BCUT2D eigenvalue weighted by molar-refractivity contribution is 0.396. The second kappa shape index (κ2) is 7.83. The molecule has 0 saturated carbocycles. The lowest BCUT2D eigenvalue weighted by Crippen LogP contribution is -2.08. The number of halogens is 1. The summed E-state index contributed by atoms with van der Waals surface area (Å²) in [6.45, 7) is 0.450. The number of ether oxygens (including phenoxy) is 2. The van der Waals surface area contributed by atoms with E-state index in [2.05, 4.69) is 20.6 Å². The van der Waals surface area contributed by atoms with E-state index in [-0.39, 0.29) is 0 Å². The number of nitrogens with one attached hydrogen (secondary N) is 2. The van der Waals surface area contributed by atoms with E-state index in [1.807, 2.05) is 12.1 Å². The topological polar surface area (TPSA) is 107 Å². The molecule has 0 saturated heterocycles. The Morgan fingerprint density at radius 2 is 1.92 bits per heavy atom. The van der Waals surface area contributed by atoms with Gasteiger partial charge in [0, 0.05) is 6.07 Å². The Labute approximate surface area is 155 Å². The molecule has 3 rings (SSSR count). The van der Waals surface area contributed by atoms with Crippen molar-refractivity contribution in [3.05, 3.63) is 47.6 Å². The Hall–Kier alpha value is -3.13. The number of nitrogens with two attached hydrogens (primary N) is 1. The Morgan fingerprint density at radius 1 is 1.15 bits per heavy atom. The number of nitrogens with zero attached hydrogens (tertiary/aromatic N) is 2. The number of furan rings is 1. The van der Waals surface area contributed by atoms with Crippen molar-refractivity contribution < 1.29 is 13.9 Å². The third kappa shape index (κ3) is 3.75. The second-order valence-corrected chi connectivity index (χ2v) is 5.64. The Balaban J connectivity index is 1.84. The van der Waals surface area contributed by atoms with Crippen LogP contribution < -0.4 is 25.8 Å². The van der Waals surface area contributed by atoms with Gasteiger partial charge in [-0.3, -0.25) is 0 Å². The maximum Gasteiger partial charge on any atom is 0.159 e. The van der Waals surface area contributed by atoms with Crippen molar-refractivity contribution in [3.8, 4) is 11.5 Å². The number of nitrogen functional groups attached to an aromatic ring is 1. The largest absolute Gasteiger partial charge is 0.495 e. The van der Waals surface area contributed by atoms with Crippen molar-refractivity contribution in [1.82, 2.24) is 9.97 Å². The average molecular weight is 376 g/mol. The van der Waals surface area contributed by atoms with Crippen LogP contribution in [0.2, 0.25) is 5.02 Å². The molecule has 0 radical (unpaired) electrons. The van der Waals surface area contributed by atoms with E-state index in [4.69, 9.17) is 31.2 Å². The summed E-state index contributed by atoms with van der Waals surface area (Å²) in [4.78, 5) is 8.35. The van der Waals surface area contributed by atoms with Crippen molar-refractivity contribution in [2.75, 3.05) is 30.6 Å². The fourth-order valence-corrected chi connectivity index (χ4v) is 2.55. The molecule has 0 atom stereocenters. The van der Waals surface area contributed by atoms with Crippen molar-refractivity contribution in [1.29, 1.82) is 0 Å². The van der Waals surface area contributed by atoms with E-state index in [0.717, 1.165) is 5.76 Å². The second-order valence-electron chi connectivity index (χ2n) is 5.23. The SMILES string of the molecule is COc1cc(OC)c(Nc2ncnc(NCc3ccco3)c2N)cc1Cl. The number of anilines is 4. The predicted molar refractivity (Wildman–Crippen MR) is 100 cm³/mol. The minimum absolute atomic E-state index is 0.355. The van der Waals surface area contributed by atoms with Gasteiger partial charge in [0.1, 0.15) is 29.3 Å². The van der Waals surface area contributed by atoms with Crippen LogP contribution in [0.5, 0.6) is 11.5 Å². The zero-order chi connectivity index (χ0) is 18.5. The highest BCUT2D eigenvalue weighted by molar-refractivity contribution is 6.32. The summed E-state index contributed by atoms with van der Waals surface area (Å²) in [5.41, 5.74) is 7.13. The lowest BCUT2D eigenvalue weighted by atomic mass is 10.2. The molecule has 4 N–H and O–H groups in total. The molecule has 1 aromatic carbocycles. The molecule has 2 heterocycles. The van der Waals surface area contributed by atoms with Crippen molar-refractivity contribution in [2.24, 2.45) is 0 Å². The maximum absolute atomic E-state index is 6.20. The Bertz CT molecular complexity index is 886. The van der Waals surface area contributed by atoms with Crippen LogP contribution in [-0.4, -0.2) is 24.2 Å². The molecule has 0 aliphatic carbocycles. The monoisotopic (exact) mass is 375 g/mol. The van der Waals surface area contributed by atoms with Gasteiger partial charge in [-0.05, 0) is 18.2 Å². The number of hydrogen-bond acceptors (Lipinski definition) is 8. The highest BCUT2D eigenvalue weighted by Crippen LogP contribution is 2.38. The molecule has 26 heavy (non-hydrogen) atoms. The van der Waals surface area contributed by atoms with E-state index in [0.29, 0.717) is 46.1 Å². The van der Waals surface area contributed by atoms with Crippen LogP contribution in [0, 0.1) is 0 Å². The summed E-state index contributed by atoms with van der Waals surface area (Å²) in [6.07, 6.45) is 3.01. The number of benzene rings is 1. The van der Waals surface area contributed by atoms with E-state index in [1.54, 1.807) is 25.5 Å². The minimum atomic E-state index is 0.355.